The lowest BCUT2D eigenvalue weighted by Gasteiger charge is -2.26. The average molecular weight is 346 g/mol. The van der Waals surface area contributed by atoms with Gasteiger partial charge >= 0.3 is 6.18 Å². The minimum Gasteiger partial charge on any atom is -0.383 e. The van der Waals surface area contributed by atoms with Crippen LogP contribution in [0, 0.1) is 5.82 Å². The Labute approximate surface area is 133 Å². The molecule has 0 radical (unpaired) electrons. The summed E-state index contributed by atoms with van der Waals surface area (Å²) in [5.74, 6) is -1.53. The molecule has 24 heavy (non-hydrogen) atoms. The highest BCUT2D eigenvalue weighted by molar-refractivity contribution is 5.98. The molecule has 130 valence electrons. The summed E-state index contributed by atoms with van der Waals surface area (Å²) in [7, 11) is 0. The summed E-state index contributed by atoms with van der Waals surface area (Å²) in [6.07, 6.45) is -3.83. The average Bonchev–Trinajstić information content (AvgIpc) is 2.86. The third-order valence-corrected chi connectivity index (χ3v) is 3.33. The van der Waals surface area contributed by atoms with Crippen molar-refractivity contribution in [1.82, 2.24) is 15.1 Å². The van der Waals surface area contributed by atoms with Crippen molar-refractivity contribution in [2.24, 2.45) is 0 Å². The highest BCUT2D eigenvalue weighted by Crippen LogP contribution is 2.29. The van der Waals surface area contributed by atoms with Gasteiger partial charge in [0, 0.05) is 0 Å². The maximum absolute atomic E-state index is 12.9. The normalized spacial score (nSPS) is 14.2. The molecule has 0 saturated heterocycles. The quantitative estimate of drug-likeness (QED) is 0.734. The summed E-state index contributed by atoms with van der Waals surface area (Å²) in [6, 6.07) is 5.07. The third-order valence-electron chi connectivity index (χ3n) is 3.33. The molecule has 0 bridgehead atoms. The zero-order chi connectivity index (χ0) is 18.1. The van der Waals surface area contributed by atoms with Gasteiger partial charge in [-0.1, -0.05) is 0 Å². The molecule has 0 aliphatic heterocycles. The molecule has 0 fully saturated rings. The van der Waals surface area contributed by atoms with Crippen molar-refractivity contribution in [3.63, 3.8) is 0 Å². The van der Waals surface area contributed by atoms with E-state index in [9.17, 15) is 27.5 Å². The largest absolute Gasteiger partial charge is 0.418 e. The van der Waals surface area contributed by atoms with Crippen LogP contribution in [0.5, 0.6) is 0 Å². The molecule has 1 amide bonds. The molecule has 4 N–H and O–H groups in total. The monoisotopic (exact) mass is 346 g/mol. The van der Waals surface area contributed by atoms with Gasteiger partial charge in [0.1, 0.15) is 17.2 Å². The van der Waals surface area contributed by atoms with Gasteiger partial charge in [-0.3, -0.25) is 4.79 Å². The molecule has 2 aromatic rings. The van der Waals surface area contributed by atoms with Gasteiger partial charge < -0.3 is 16.2 Å². The SMILES string of the molecule is CC(O)(CNC(=O)c1cnn(-c2ccc(F)cc2)c1N)C(F)(F)F. The van der Waals surface area contributed by atoms with Gasteiger partial charge in [-0.05, 0) is 31.2 Å². The number of anilines is 1. The molecule has 0 aliphatic rings. The van der Waals surface area contributed by atoms with E-state index >= 15 is 0 Å². The Morgan fingerprint density at radius 2 is 1.92 bits per heavy atom. The molecule has 1 aromatic heterocycles. The molecular weight excluding hydrogens is 332 g/mol. The topological polar surface area (TPSA) is 93.2 Å². The predicted octanol–water partition coefficient (Wildman–Crippen LogP) is 1.64. The van der Waals surface area contributed by atoms with Crippen LogP contribution in [0.4, 0.5) is 23.4 Å². The maximum atomic E-state index is 12.9. The van der Waals surface area contributed by atoms with Gasteiger partial charge in [0.15, 0.2) is 5.60 Å². The third kappa shape index (κ3) is 3.48. The van der Waals surface area contributed by atoms with Gasteiger partial charge in [-0.15, -0.1) is 0 Å². The Kier molecular flexibility index (Phi) is 4.52. The smallest absolute Gasteiger partial charge is 0.383 e. The van der Waals surface area contributed by atoms with E-state index in [0.29, 0.717) is 12.6 Å². The zero-order valence-corrected chi connectivity index (χ0v) is 12.4. The lowest BCUT2D eigenvalue weighted by Crippen LogP contribution is -2.51. The van der Waals surface area contributed by atoms with Crippen LogP contribution in [0.2, 0.25) is 0 Å². The Hall–Kier alpha value is -2.62. The van der Waals surface area contributed by atoms with Gasteiger partial charge in [0.25, 0.3) is 5.91 Å². The van der Waals surface area contributed by atoms with Crippen molar-refractivity contribution in [3.05, 3.63) is 41.8 Å². The summed E-state index contributed by atoms with van der Waals surface area (Å²) in [5, 5.41) is 15.1. The number of carbonyl (C=O) groups excluding carboxylic acids is 1. The molecule has 0 spiro atoms. The molecule has 1 unspecified atom stereocenters. The molecule has 6 nitrogen and oxygen atoms in total. The number of aromatic nitrogens is 2. The zero-order valence-electron chi connectivity index (χ0n) is 12.4. The van der Waals surface area contributed by atoms with E-state index in [1.165, 1.54) is 12.1 Å². The van der Waals surface area contributed by atoms with Crippen LogP contribution in [0.15, 0.2) is 30.5 Å². The van der Waals surface area contributed by atoms with Crippen molar-refractivity contribution in [1.29, 1.82) is 0 Å². The fraction of sp³-hybridized carbons (Fsp3) is 0.286. The van der Waals surface area contributed by atoms with Crippen LogP contribution in [-0.4, -0.2) is 39.1 Å². The summed E-state index contributed by atoms with van der Waals surface area (Å²) in [5.41, 5.74) is 2.88. The number of rotatable bonds is 4. The van der Waals surface area contributed by atoms with Gasteiger partial charge in [0.2, 0.25) is 0 Å². The van der Waals surface area contributed by atoms with Gasteiger partial charge in [0.05, 0.1) is 18.4 Å². The second-order valence-corrected chi connectivity index (χ2v) is 5.29. The highest BCUT2D eigenvalue weighted by Gasteiger charge is 2.50. The van der Waals surface area contributed by atoms with Crippen LogP contribution in [0.25, 0.3) is 5.69 Å². The summed E-state index contributed by atoms with van der Waals surface area (Å²) >= 11 is 0. The Bertz CT molecular complexity index is 738. The number of hydrogen-bond donors (Lipinski definition) is 3. The predicted molar refractivity (Wildman–Crippen MR) is 76.9 cm³/mol. The lowest BCUT2D eigenvalue weighted by molar-refractivity contribution is -0.249. The molecule has 1 atom stereocenters. The number of halogens is 4. The van der Waals surface area contributed by atoms with E-state index in [2.05, 4.69) is 5.10 Å². The molecule has 2 rings (SSSR count). The van der Waals surface area contributed by atoms with Crippen molar-refractivity contribution in [2.75, 3.05) is 12.3 Å². The number of nitrogen functional groups attached to an aromatic ring is 1. The summed E-state index contributed by atoms with van der Waals surface area (Å²) in [4.78, 5) is 12.0. The Morgan fingerprint density at radius 3 is 2.46 bits per heavy atom. The first-order chi connectivity index (χ1) is 11.0. The standard InChI is InChI=1S/C14H14F4N4O2/c1-13(24,14(16,17)18)7-20-12(23)10-6-21-22(11(10)19)9-4-2-8(15)3-5-9/h2-6,24H,7,19H2,1H3,(H,20,23). The number of alkyl halides is 3. The molecular formula is C14H14F4N4O2. The number of aliphatic hydroxyl groups is 1. The van der Waals surface area contributed by atoms with E-state index < -0.39 is 30.0 Å². The van der Waals surface area contributed by atoms with E-state index in [4.69, 9.17) is 5.73 Å². The summed E-state index contributed by atoms with van der Waals surface area (Å²) in [6.45, 7) is -0.505. The maximum Gasteiger partial charge on any atom is 0.418 e. The van der Waals surface area contributed by atoms with E-state index in [1.54, 1.807) is 0 Å². The van der Waals surface area contributed by atoms with Gasteiger partial charge in [-0.25, -0.2) is 9.07 Å². The molecule has 1 heterocycles. The molecule has 10 heteroatoms. The molecule has 0 saturated carbocycles. The number of amides is 1. The van der Waals surface area contributed by atoms with Crippen LogP contribution in [0.1, 0.15) is 17.3 Å². The number of nitrogens with zero attached hydrogens (tertiary/aromatic N) is 2. The van der Waals surface area contributed by atoms with E-state index in [-0.39, 0.29) is 11.4 Å². The molecule has 1 aromatic carbocycles. The first-order valence-corrected chi connectivity index (χ1v) is 6.69. The number of nitrogens with two attached hydrogens (primary N) is 1. The van der Waals surface area contributed by atoms with Crippen molar-refractivity contribution in [3.8, 4) is 5.69 Å². The van der Waals surface area contributed by atoms with Crippen molar-refractivity contribution in [2.45, 2.75) is 18.7 Å². The molecule has 0 aliphatic carbocycles. The number of hydrogen-bond acceptors (Lipinski definition) is 4. The summed E-state index contributed by atoms with van der Waals surface area (Å²) < 4.78 is 51.7. The van der Waals surface area contributed by atoms with Gasteiger partial charge in [-0.2, -0.15) is 18.3 Å². The van der Waals surface area contributed by atoms with E-state index in [0.717, 1.165) is 23.0 Å². The Balaban J connectivity index is 2.16. The minimum absolute atomic E-state index is 0.134. The number of carbonyl (C=O) groups is 1. The second-order valence-electron chi connectivity index (χ2n) is 5.29. The van der Waals surface area contributed by atoms with E-state index in [1.807, 2.05) is 5.32 Å². The minimum atomic E-state index is -4.90. The van der Waals surface area contributed by atoms with Crippen molar-refractivity contribution >= 4 is 11.7 Å². The first-order valence-electron chi connectivity index (χ1n) is 6.69. The van der Waals surface area contributed by atoms with Crippen LogP contribution in [0.3, 0.4) is 0 Å². The first kappa shape index (κ1) is 17.7. The second kappa shape index (κ2) is 6.11. The number of nitrogens with one attached hydrogen (secondary N) is 1. The Morgan fingerprint density at radius 1 is 1.33 bits per heavy atom. The van der Waals surface area contributed by atoms with Crippen LogP contribution < -0.4 is 11.1 Å². The van der Waals surface area contributed by atoms with Crippen LogP contribution >= 0.6 is 0 Å². The van der Waals surface area contributed by atoms with Crippen molar-refractivity contribution < 1.29 is 27.5 Å². The number of benzene rings is 1. The lowest BCUT2D eigenvalue weighted by atomic mass is 10.1. The fourth-order valence-corrected chi connectivity index (χ4v) is 1.77. The highest BCUT2D eigenvalue weighted by atomic mass is 19.4. The fourth-order valence-electron chi connectivity index (χ4n) is 1.77. The van der Waals surface area contributed by atoms with Crippen LogP contribution in [-0.2, 0) is 0 Å².